The molecule has 1 heterocycles. The molecule has 2 aromatic rings. The number of amides is 1. The van der Waals surface area contributed by atoms with Gasteiger partial charge in [-0.25, -0.2) is 4.39 Å². The largest absolute Gasteiger partial charge is 0.398 e. The first-order valence-electron chi connectivity index (χ1n) is 6.94. The molecule has 2 aromatic carbocycles. The van der Waals surface area contributed by atoms with Crippen LogP contribution in [-0.4, -0.2) is 12.5 Å². The molecule has 0 saturated heterocycles. The third-order valence-electron chi connectivity index (χ3n) is 3.96. The molecule has 0 spiro atoms. The maximum Gasteiger partial charge on any atom is 0.261 e. The van der Waals surface area contributed by atoms with Crippen LogP contribution in [0, 0.1) is 19.7 Å². The monoisotopic (exact) mass is 284 g/mol. The summed E-state index contributed by atoms with van der Waals surface area (Å²) in [5.74, 6) is -0.794. The summed E-state index contributed by atoms with van der Waals surface area (Å²) >= 11 is 0. The second-order valence-corrected chi connectivity index (χ2v) is 5.53. The first-order chi connectivity index (χ1) is 9.97. The summed E-state index contributed by atoms with van der Waals surface area (Å²) in [4.78, 5) is 14.2. The first kappa shape index (κ1) is 13.6. The Morgan fingerprint density at radius 2 is 2.00 bits per heavy atom. The number of anilines is 2. The molecule has 0 aliphatic carbocycles. The lowest BCUT2D eigenvalue weighted by Crippen LogP contribution is -2.29. The molecule has 0 radical (unpaired) electrons. The summed E-state index contributed by atoms with van der Waals surface area (Å²) in [6, 6.07) is 8.40. The van der Waals surface area contributed by atoms with Crippen LogP contribution in [-0.2, 0) is 6.42 Å². The molecule has 1 aliphatic rings. The van der Waals surface area contributed by atoms with Crippen molar-refractivity contribution in [2.75, 3.05) is 17.2 Å². The first-order valence-corrected chi connectivity index (χ1v) is 6.94. The van der Waals surface area contributed by atoms with Crippen LogP contribution in [0.2, 0.25) is 0 Å². The van der Waals surface area contributed by atoms with E-state index in [2.05, 4.69) is 0 Å². The molecule has 0 bridgehead atoms. The van der Waals surface area contributed by atoms with Crippen molar-refractivity contribution in [2.45, 2.75) is 20.3 Å². The van der Waals surface area contributed by atoms with Crippen molar-refractivity contribution in [1.29, 1.82) is 0 Å². The van der Waals surface area contributed by atoms with Gasteiger partial charge in [0.2, 0.25) is 0 Å². The van der Waals surface area contributed by atoms with E-state index in [9.17, 15) is 9.18 Å². The molecule has 0 unspecified atom stereocenters. The van der Waals surface area contributed by atoms with Gasteiger partial charge in [-0.15, -0.1) is 0 Å². The maximum absolute atomic E-state index is 13.9. The van der Waals surface area contributed by atoms with E-state index >= 15 is 0 Å². The summed E-state index contributed by atoms with van der Waals surface area (Å²) in [6.45, 7) is 4.35. The Bertz CT molecular complexity index is 740. The highest BCUT2D eigenvalue weighted by Crippen LogP contribution is 2.33. The van der Waals surface area contributed by atoms with E-state index in [1.807, 2.05) is 26.0 Å². The van der Waals surface area contributed by atoms with Crippen molar-refractivity contribution in [3.8, 4) is 0 Å². The Kier molecular flexibility index (Phi) is 3.16. The number of benzene rings is 2. The second kappa shape index (κ2) is 4.88. The summed E-state index contributed by atoms with van der Waals surface area (Å²) in [6.07, 6.45) is 0.773. The van der Waals surface area contributed by atoms with Gasteiger partial charge < -0.3 is 10.6 Å². The van der Waals surface area contributed by atoms with Gasteiger partial charge in [-0.3, -0.25) is 4.79 Å². The van der Waals surface area contributed by atoms with E-state index in [1.165, 1.54) is 6.07 Å². The number of hydrogen-bond acceptors (Lipinski definition) is 2. The smallest absolute Gasteiger partial charge is 0.261 e. The molecule has 0 atom stereocenters. The molecule has 4 heteroatoms. The van der Waals surface area contributed by atoms with Gasteiger partial charge in [0, 0.05) is 17.9 Å². The SMILES string of the molecule is Cc1ccc(F)c(C(=O)N2CCc3cc(C)c(N)cc32)c1. The van der Waals surface area contributed by atoms with Crippen molar-refractivity contribution >= 4 is 17.3 Å². The Morgan fingerprint density at radius 1 is 1.24 bits per heavy atom. The molecule has 108 valence electrons. The topological polar surface area (TPSA) is 46.3 Å². The van der Waals surface area contributed by atoms with Crippen LogP contribution in [0.4, 0.5) is 15.8 Å². The molecule has 1 aliphatic heterocycles. The fourth-order valence-electron chi connectivity index (χ4n) is 2.74. The van der Waals surface area contributed by atoms with Crippen LogP contribution in [0.3, 0.4) is 0 Å². The van der Waals surface area contributed by atoms with Crippen molar-refractivity contribution in [1.82, 2.24) is 0 Å². The number of carbonyl (C=O) groups excluding carboxylic acids is 1. The van der Waals surface area contributed by atoms with Gasteiger partial charge in [-0.05, 0) is 49.6 Å². The Labute approximate surface area is 123 Å². The number of rotatable bonds is 1. The Morgan fingerprint density at radius 3 is 2.76 bits per heavy atom. The van der Waals surface area contributed by atoms with Gasteiger partial charge in [0.1, 0.15) is 5.82 Å². The molecule has 0 saturated carbocycles. The van der Waals surface area contributed by atoms with Crippen LogP contribution in [0.1, 0.15) is 27.0 Å². The average Bonchev–Trinajstić information content (AvgIpc) is 2.84. The molecule has 0 fully saturated rings. The number of carbonyl (C=O) groups is 1. The molecule has 3 rings (SSSR count). The van der Waals surface area contributed by atoms with Crippen LogP contribution in [0.5, 0.6) is 0 Å². The van der Waals surface area contributed by atoms with E-state index in [0.29, 0.717) is 12.2 Å². The van der Waals surface area contributed by atoms with Crippen molar-refractivity contribution in [3.05, 3.63) is 58.4 Å². The minimum Gasteiger partial charge on any atom is -0.398 e. The maximum atomic E-state index is 13.9. The average molecular weight is 284 g/mol. The normalized spacial score (nSPS) is 13.4. The number of nitrogens with two attached hydrogens (primary N) is 1. The number of nitrogens with zero attached hydrogens (tertiary/aromatic N) is 1. The Hall–Kier alpha value is -2.36. The highest BCUT2D eigenvalue weighted by molar-refractivity contribution is 6.07. The van der Waals surface area contributed by atoms with E-state index in [-0.39, 0.29) is 11.5 Å². The number of fused-ring (bicyclic) bond motifs is 1. The summed E-state index contributed by atoms with van der Waals surface area (Å²) in [7, 11) is 0. The van der Waals surface area contributed by atoms with Gasteiger partial charge in [0.15, 0.2) is 0 Å². The van der Waals surface area contributed by atoms with Gasteiger partial charge in [0.25, 0.3) is 5.91 Å². The van der Waals surface area contributed by atoms with Gasteiger partial charge in [-0.1, -0.05) is 17.7 Å². The van der Waals surface area contributed by atoms with E-state index in [1.54, 1.807) is 17.0 Å². The molecule has 21 heavy (non-hydrogen) atoms. The summed E-state index contributed by atoms with van der Waals surface area (Å²) in [5.41, 5.74) is 10.4. The fourth-order valence-corrected chi connectivity index (χ4v) is 2.74. The molecular weight excluding hydrogens is 267 g/mol. The molecule has 3 nitrogen and oxygen atoms in total. The quantitative estimate of drug-likeness (QED) is 0.817. The third-order valence-corrected chi connectivity index (χ3v) is 3.96. The van der Waals surface area contributed by atoms with Crippen molar-refractivity contribution in [2.24, 2.45) is 0 Å². The van der Waals surface area contributed by atoms with Crippen LogP contribution < -0.4 is 10.6 Å². The van der Waals surface area contributed by atoms with Crippen LogP contribution >= 0.6 is 0 Å². The van der Waals surface area contributed by atoms with Gasteiger partial charge >= 0.3 is 0 Å². The summed E-state index contributed by atoms with van der Waals surface area (Å²) < 4.78 is 13.9. The lowest BCUT2D eigenvalue weighted by atomic mass is 10.1. The van der Waals surface area contributed by atoms with Gasteiger partial charge in [0.05, 0.1) is 5.56 Å². The van der Waals surface area contributed by atoms with E-state index in [0.717, 1.165) is 28.8 Å². The van der Waals surface area contributed by atoms with Crippen LogP contribution in [0.25, 0.3) is 0 Å². The predicted octanol–water partition coefficient (Wildman–Crippen LogP) is 3.23. The van der Waals surface area contributed by atoms with Crippen LogP contribution in [0.15, 0.2) is 30.3 Å². The second-order valence-electron chi connectivity index (χ2n) is 5.53. The van der Waals surface area contributed by atoms with Crippen molar-refractivity contribution < 1.29 is 9.18 Å². The highest BCUT2D eigenvalue weighted by atomic mass is 19.1. The number of hydrogen-bond donors (Lipinski definition) is 1. The molecule has 2 N–H and O–H groups in total. The predicted molar refractivity (Wildman–Crippen MR) is 82.1 cm³/mol. The minimum absolute atomic E-state index is 0.113. The Balaban J connectivity index is 2.02. The number of aryl methyl sites for hydroxylation is 2. The standard InChI is InChI=1S/C17H17FN2O/c1-10-3-4-14(18)13(7-10)17(21)20-6-5-12-8-11(2)15(19)9-16(12)20/h3-4,7-9H,5-6,19H2,1-2H3. The number of nitrogen functional groups attached to an aromatic ring is 1. The molecule has 1 amide bonds. The molecular formula is C17H17FN2O. The number of halogens is 1. The van der Waals surface area contributed by atoms with E-state index < -0.39 is 5.82 Å². The zero-order valence-corrected chi connectivity index (χ0v) is 12.1. The zero-order valence-electron chi connectivity index (χ0n) is 12.1. The molecule has 0 aromatic heterocycles. The van der Waals surface area contributed by atoms with Gasteiger partial charge in [-0.2, -0.15) is 0 Å². The lowest BCUT2D eigenvalue weighted by molar-refractivity contribution is 0.0985. The lowest BCUT2D eigenvalue weighted by Gasteiger charge is -2.19. The summed E-state index contributed by atoms with van der Waals surface area (Å²) in [5, 5.41) is 0. The van der Waals surface area contributed by atoms with Crippen molar-refractivity contribution in [3.63, 3.8) is 0 Å². The fraction of sp³-hybridized carbons (Fsp3) is 0.235. The zero-order chi connectivity index (χ0) is 15.1. The highest BCUT2D eigenvalue weighted by Gasteiger charge is 2.27. The minimum atomic E-state index is -0.487. The third kappa shape index (κ3) is 2.27. The van der Waals surface area contributed by atoms with E-state index in [4.69, 9.17) is 5.73 Å².